The zero-order valence-electron chi connectivity index (χ0n) is 14.6. The van der Waals surface area contributed by atoms with E-state index in [-0.39, 0.29) is 17.1 Å². The molecule has 3 rings (SSSR count). The highest BCUT2D eigenvalue weighted by Gasteiger charge is 2.39. The molecule has 27 heavy (non-hydrogen) atoms. The molecule has 1 unspecified atom stereocenters. The van der Waals surface area contributed by atoms with E-state index in [9.17, 15) is 14.4 Å². The third-order valence-corrected chi connectivity index (χ3v) is 4.76. The van der Waals surface area contributed by atoms with Gasteiger partial charge in [-0.1, -0.05) is 24.3 Å². The Labute approximate surface area is 159 Å². The van der Waals surface area contributed by atoms with Crippen LogP contribution in [0.4, 0.5) is 5.69 Å². The van der Waals surface area contributed by atoms with Crippen LogP contribution in [0.15, 0.2) is 64.6 Å². The first-order valence-electron chi connectivity index (χ1n) is 7.95. The molecule has 0 aliphatic carbocycles. The number of ketones is 1. The number of thiophene rings is 1. The van der Waals surface area contributed by atoms with Crippen LogP contribution in [0.25, 0.3) is 0 Å². The lowest BCUT2D eigenvalue weighted by Gasteiger charge is -2.31. The van der Waals surface area contributed by atoms with Crippen molar-refractivity contribution in [3.63, 3.8) is 0 Å². The largest absolute Gasteiger partial charge is 0.467 e. The Balaban J connectivity index is 2.14. The van der Waals surface area contributed by atoms with Gasteiger partial charge in [0.1, 0.15) is 5.71 Å². The van der Waals surface area contributed by atoms with Crippen molar-refractivity contribution in [1.29, 1.82) is 0 Å². The molecule has 1 aliphatic rings. The third kappa shape index (κ3) is 3.65. The third-order valence-electron chi connectivity index (χ3n) is 3.89. The van der Waals surface area contributed by atoms with Gasteiger partial charge in [-0.05, 0) is 29.7 Å². The van der Waals surface area contributed by atoms with Crippen LogP contribution in [0.1, 0.15) is 9.67 Å². The molecule has 1 atom stereocenters. The Kier molecular flexibility index (Phi) is 5.46. The quantitative estimate of drug-likeness (QED) is 0.581. The fourth-order valence-electron chi connectivity index (χ4n) is 2.62. The van der Waals surface area contributed by atoms with Gasteiger partial charge in [-0.3, -0.25) is 4.79 Å². The van der Waals surface area contributed by atoms with E-state index >= 15 is 0 Å². The summed E-state index contributed by atoms with van der Waals surface area (Å²) in [5.41, 5.74) is 0.531. The number of esters is 2. The Morgan fingerprint density at radius 3 is 2.37 bits per heavy atom. The first-order valence-corrected chi connectivity index (χ1v) is 8.83. The van der Waals surface area contributed by atoms with E-state index < -0.39 is 18.0 Å². The van der Waals surface area contributed by atoms with Gasteiger partial charge in [0.2, 0.25) is 5.78 Å². The fraction of sp³-hybridized carbons (Fsp3) is 0.158. The molecule has 2 aromatic rings. The average Bonchev–Trinajstić information content (AvgIpc) is 3.26. The van der Waals surface area contributed by atoms with E-state index in [4.69, 9.17) is 9.47 Å². The summed E-state index contributed by atoms with van der Waals surface area (Å²) < 4.78 is 9.67. The van der Waals surface area contributed by atoms with Gasteiger partial charge in [-0.15, -0.1) is 11.3 Å². The Hall–Kier alpha value is -3.26. The lowest BCUT2D eigenvalue weighted by Crippen LogP contribution is -2.46. The molecular weight excluding hydrogens is 368 g/mol. The predicted molar refractivity (Wildman–Crippen MR) is 101 cm³/mol. The normalized spacial score (nSPS) is 16.2. The van der Waals surface area contributed by atoms with E-state index in [1.165, 1.54) is 36.6 Å². The van der Waals surface area contributed by atoms with Gasteiger partial charge < -0.3 is 9.47 Å². The number of carbonyl (C=O) groups is 3. The minimum Gasteiger partial charge on any atom is -0.467 e. The van der Waals surface area contributed by atoms with Crippen molar-refractivity contribution in [3.05, 3.63) is 64.4 Å². The van der Waals surface area contributed by atoms with Crippen molar-refractivity contribution in [1.82, 2.24) is 0 Å². The summed E-state index contributed by atoms with van der Waals surface area (Å²) in [6, 6.07) is 11.0. The minimum atomic E-state index is -1.16. The predicted octanol–water partition coefficient (Wildman–Crippen LogP) is 2.45. The van der Waals surface area contributed by atoms with Crippen molar-refractivity contribution in [2.24, 2.45) is 5.10 Å². The van der Waals surface area contributed by atoms with Gasteiger partial charge in [-0.2, -0.15) is 5.10 Å². The maximum absolute atomic E-state index is 12.8. The molecule has 0 spiro atoms. The number of allylic oxidation sites excluding steroid dienone is 1. The van der Waals surface area contributed by atoms with Crippen LogP contribution in [0, 0.1) is 0 Å². The van der Waals surface area contributed by atoms with Crippen molar-refractivity contribution in [2.75, 3.05) is 19.2 Å². The van der Waals surface area contributed by atoms with Crippen molar-refractivity contribution in [3.8, 4) is 0 Å². The summed E-state index contributed by atoms with van der Waals surface area (Å²) in [7, 11) is 2.42. The smallest absolute Gasteiger partial charge is 0.336 e. The van der Waals surface area contributed by atoms with Crippen LogP contribution < -0.4 is 5.01 Å². The van der Waals surface area contributed by atoms with Crippen LogP contribution in [-0.2, 0) is 19.1 Å². The molecule has 1 aromatic carbocycles. The van der Waals surface area contributed by atoms with Gasteiger partial charge in [0.15, 0.2) is 6.04 Å². The maximum atomic E-state index is 12.8. The molecule has 138 valence electrons. The second-order valence-electron chi connectivity index (χ2n) is 5.49. The number of carbonyl (C=O) groups excluding carboxylic acids is 3. The Morgan fingerprint density at radius 1 is 1.04 bits per heavy atom. The van der Waals surface area contributed by atoms with Gasteiger partial charge in [0.05, 0.1) is 30.4 Å². The highest BCUT2D eigenvalue weighted by atomic mass is 32.1. The van der Waals surface area contributed by atoms with Crippen LogP contribution in [-0.4, -0.2) is 43.7 Å². The first kappa shape index (κ1) is 18.5. The monoisotopic (exact) mass is 384 g/mol. The van der Waals surface area contributed by atoms with Gasteiger partial charge in [0.25, 0.3) is 0 Å². The lowest BCUT2D eigenvalue weighted by atomic mass is 10.0. The van der Waals surface area contributed by atoms with Crippen LogP contribution in [0.3, 0.4) is 0 Å². The number of nitrogens with zero attached hydrogens (tertiary/aromatic N) is 2. The van der Waals surface area contributed by atoms with Crippen molar-refractivity contribution in [2.45, 2.75) is 6.04 Å². The number of para-hydroxylation sites is 1. The van der Waals surface area contributed by atoms with Gasteiger partial charge in [0, 0.05) is 0 Å². The number of hydrogen-bond acceptors (Lipinski definition) is 8. The lowest BCUT2D eigenvalue weighted by molar-refractivity contribution is -0.144. The maximum Gasteiger partial charge on any atom is 0.336 e. The fourth-order valence-corrected chi connectivity index (χ4v) is 3.29. The molecule has 0 amide bonds. The molecule has 0 N–H and O–H groups in total. The van der Waals surface area contributed by atoms with Gasteiger partial charge in [-0.25, -0.2) is 14.6 Å². The molecule has 0 fully saturated rings. The minimum absolute atomic E-state index is 0.0249. The van der Waals surface area contributed by atoms with E-state index in [1.54, 1.807) is 47.8 Å². The molecule has 7 nitrogen and oxygen atoms in total. The van der Waals surface area contributed by atoms with E-state index in [0.29, 0.717) is 10.6 Å². The average molecular weight is 384 g/mol. The number of benzene rings is 1. The van der Waals surface area contributed by atoms with Gasteiger partial charge >= 0.3 is 11.9 Å². The summed E-state index contributed by atoms with van der Waals surface area (Å²) in [6.07, 6.45) is 1.29. The van der Waals surface area contributed by atoms with E-state index in [0.717, 1.165) is 0 Å². The standard InChI is InChI=1S/C19H16N2O5S/c1-25-18(23)13-11-14(17(22)15-9-6-10-27-15)20-21(16(13)19(24)26-2)12-7-4-3-5-8-12/h3-11,16H,1-2H3. The molecule has 0 radical (unpaired) electrons. The molecule has 0 bridgehead atoms. The number of hydrogen-bond donors (Lipinski definition) is 0. The molecule has 0 saturated heterocycles. The zero-order valence-corrected chi connectivity index (χ0v) is 15.4. The van der Waals surface area contributed by atoms with E-state index in [2.05, 4.69) is 5.10 Å². The number of anilines is 1. The summed E-state index contributed by atoms with van der Waals surface area (Å²) >= 11 is 1.26. The van der Waals surface area contributed by atoms with Crippen LogP contribution >= 0.6 is 11.3 Å². The number of hydrazone groups is 1. The number of methoxy groups -OCH3 is 2. The topological polar surface area (TPSA) is 85.3 Å². The van der Waals surface area contributed by atoms with Crippen LogP contribution in [0.5, 0.6) is 0 Å². The zero-order chi connectivity index (χ0) is 19.4. The summed E-state index contributed by atoms with van der Waals surface area (Å²) in [5.74, 6) is -1.78. The molecular formula is C19H16N2O5S. The highest BCUT2D eigenvalue weighted by Crippen LogP contribution is 2.27. The molecule has 2 heterocycles. The first-order chi connectivity index (χ1) is 13.1. The molecule has 1 aliphatic heterocycles. The summed E-state index contributed by atoms with van der Waals surface area (Å²) in [6.45, 7) is 0. The summed E-state index contributed by atoms with van der Waals surface area (Å²) in [4.78, 5) is 38.0. The van der Waals surface area contributed by atoms with E-state index in [1.807, 2.05) is 0 Å². The summed E-state index contributed by atoms with van der Waals surface area (Å²) in [5, 5.41) is 7.42. The highest BCUT2D eigenvalue weighted by molar-refractivity contribution is 7.13. The Morgan fingerprint density at radius 2 is 1.78 bits per heavy atom. The SMILES string of the molecule is COC(=O)C1=CC(C(=O)c2cccs2)=NN(c2ccccc2)C1C(=O)OC. The van der Waals surface area contributed by atoms with Crippen molar-refractivity contribution < 1.29 is 23.9 Å². The second kappa shape index (κ2) is 7.96. The molecule has 8 heteroatoms. The molecule has 1 aromatic heterocycles. The van der Waals surface area contributed by atoms with Crippen LogP contribution in [0.2, 0.25) is 0 Å². The number of Topliss-reactive ketones (excluding diaryl/α,β-unsaturated/α-hetero) is 1. The van der Waals surface area contributed by atoms with Crippen molar-refractivity contribution >= 4 is 40.5 Å². The number of ether oxygens (including phenoxy) is 2. The Bertz CT molecular complexity index is 919. The second-order valence-corrected chi connectivity index (χ2v) is 6.44. The molecule has 0 saturated carbocycles. The number of rotatable bonds is 5.